The number of carbonyl (C=O) groups excluding carboxylic acids is 2. The van der Waals surface area contributed by atoms with Gasteiger partial charge in [0.05, 0.1) is 70.8 Å². The topological polar surface area (TPSA) is 81.1 Å². The van der Waals surface area contributed by atoms with Crippen LogP contribution in [0.25, 0.3) is 0 Å². The molecule has 186 valence electrons. The van der Waals surface area contributed by atoms with E-state index in [0.29, 0.717) is 22.3 Å². The summed E-state index contributed by atoms with van der Waals surface area (Å²) in [6.45, 7) is 10.4. The Morgan fingerprint density at radius 2 is 1.34 bits per heavy atom. The molecular weight excluding hydrogens is 444 g/mol. The first kappa shape index (κ1) is 23.9. The number of anilines is 2. The molecule has 8 heteroatoms. The minimum Gasteiger partial charge on any atom is -0.379 e. The van der Waals surface area contributed by atoms with Crippen molar-refractivity contribution in [3.05, 3.63) is 58.7 Å². The molecule has 0 aromatic heterocycles. The number of quaternary nitrogens is 2. The Bertz CT molecular complexity index is 1090. The summed E-state index contributed by atoms with van der Waals surface area (Å²) >= 11 is 0. The molecule has 0 unspecified atom stereocenters. The van der Waals surface area contributed by atoms with Gasteiger partial charge in [0.2, 0.25) is 0 Å². The second kappa shape index (κ2) is 10.5. The van der Waals surface area contributed by atoms with E-state index in [1.54, 1.807) is 12.1 Å². The normalized spacial score (nSPS) is 19.7. The van der Waals surface area contributed by atoms with Crippen LogP contribution in [0.4, 0.5) is 11.4 Å². The minimum atomic E-state index is -0.0908. The van der Waals surface area contributed by atoms with Gasteiger partial charge >= 0.3 is 0 Å². The standard InChI is InChI=1S/C27H34N4O4/c1-31(14-18-35-19-15-31)13-9-29-23-7-6-22(28-8-10-30-11-16-34-17-12-30)24-25(23)27(33)21-5-3-2-4-20(21)26(24)32/h2-7H,8-19H2,1H3,(H-,28,29,32,33)/p+2. The van der Waals surface area contributed by atoms with E-state index in [0.717, 1.165) is 94.6 Å². The molecule has 0 amide bonds. The summed E-state index contributed by atoms with van der Waals surface area (Å²) < 4.78 is 11.9. The van der Waals surface area contributed by atoms with Crippen molar-refractivity contribution < 1.29 is 28.4 Å². The van der Waals surface area contributed by atoms with Gasteiger partial charge in [-0.15, -0.1) is 0 Å². The zero-order valence-electron chi connectivity index (χ0n) is 20.5. The Hall–Kier alpha value is -2.78. The van der Waals surface area contributed by atoms with E-state index in [9.17, 15) is 9.59 Å². The van der Waals surface area contributed by atoms with Crippen molar-refractivity contribution in [2.75, 3.05) is 96.5 Å². The highest BCUT2D eigenvalue weighted by molar-refractivity contribution is 6.31. The van der Waals surface area contributed by atoms with Crippen LogP contribution >= 0.6 is 0 Å². The van der Waals surface area contributed by atoms with Crippen LogP contribution in [0.1, 0.15) is 31.8 Å². The predicted molar refractivity (Wildman–Crippen MR) is 135 cm³/mol. The van der Waals surface area contributed by atoms with Gasteiger partial charge in [-0.2, -0.15) is 0 Å². The van der Waals surface area contributed by atoms with Crippen molar-refractivity contribution in [2.45, 2.75) is 0 Å². The van der Waals surface area contributed by atoms with Crippen molar-refractivity contribution in [1.29, 1.82) is 0 Å². The first-order valence-electron chi connectivity index (χ1n) is 12.7. The fourth-order valence-corrected chi connectivity index (χ4v) is 5.27. The maximum atomic E-state index is 13.6. The number of hydrogen-bond donors (Lipinski definition) is 3. The fourth-order valence-electron chi connectivity index (χ4n) is 5.27. The van der Waals surface area contributed by atoms with E-state index in [1.807, 2.05) is 24.3 Å². The number of carbonyl (C=O) groups is 2. The number of benzene rings is 2. The van der Waals surface area contributed by atoms with E-state index in [1.165, 1.54) is 4.90 Å². The maximum Gasteiger partial charge on any atom is 0.196 e. The maximum absolute atomic E-state index is 13.6. The van der Waals surface area contributed by atoms with Gasteiger partial charge in [-0.05, 0) is 12.1 Å². The van der Waals surface area contributed by atoms with E-state index in [-0.39, 0.29) is 11.6 Å². The highest BCUT2D eigenvalue weighted by atomic mass is 16.5. The molecule has 2 aromatic carbocycles. The van der Waals surface area contributed by atoms with Crippen LogP contribution in [0.5, 0.6) is 0 Å². The van der Waals surface area contributed by atoms with Crippen LogP contribution in [-0.2, 0) is 9.47 Å². The Kier molecular flexibility index (Phi) is 7.15. The van der Waals surface area contributed by atoms with Crippen molar-refractivity contribution in [1.82, 2.24) is 0 Å². The number of ether oxygens (including phenoxy) is 2. The number of ketones is 2. The summed E-state index contributed by atoms with van der Waals surface area (Å²) in [6.07, 6.45) is 0. The van der Waals surface area contributed by atoms with Gasteiger partial charge in [-0.1, -0.05) is 24.3 Å². The molecule has 2 aromatic rings. The molecule has 0 bridgehead atoms. The van der Waals surface area contributed by atoms with Crippen LogP contribution in [0.2, 0.25) is 0 Å². The lowest BCUT2D eigenvalue weighted by Gasteiger charge is -2.37. The van der Waals surface area contributed by atoms with Crippen LogP contribution in [0.3, 0.4) is 0 Å². The van der Waals surface area contributed by atoms with E-state index in [2.05, 4.69) is 17.7 Å². The number of likely N-dealkylation sites (N-methyl/N-ethyl adjacent to an activating group) is 1. The van der Waals surface area contributed by atoms with E-state index < -0.39 is 0 Å². The summed E-state index contributed by atoms with van der Waals surface area (Å²) in [5, 5.41) is 6.95. The molecule has 2 saturated heterocycles. The van der Waals surface area contributed by atoms with Gasteiger partial charge in [0.15, 0.2) is 11.6 Å². The molecule has 2 fully saturated rings. The van der Waals surface area contributed by atoms with Gasteiger partial charge in [0.1, 0.15) is 26.2 Å². The fraction of sp³-hybridized carbons (Fsp3) is 0.481. The lowest BCUT2D eigenvalue weighted by molar-refractivity contribution is -0.915. The monoisotopic (exact) mass is 480 g/mol. The third kappa shape index (κ3) is 5.11. The Morgan fingerprint density at radius 3 is 1.94 bits per heavy atom. The van der Waals surface area contributed by atoms with Crippen molar-refractivity contribution in [3.8, 4) is 0 Å². The smallest absolute Gasteiger partial charge is 0.196 e. The quantitative estimate of drug-likeness (QED) is 0.412. The zero-order chi connectivity index (χ0) is 24.3. The lowest BCUT2D eigenvalue weighted by atomic mass is 9.82. The Morgan fingerprint density at radius 1 is 0.800 bits per heavy atom. The summed E-state index contributed by atoms with van der Waals surface area (Å²) in [5.74, 6) is -0.181. The van der Waals surface area contributed by atoms with Crippen molar-refractivity contribution in [3.63, 3.8) is 0 Å². The molecule has 5 rings (SSSR count). The predicted octanol–water partition coefficient (Wildman–Crippen LogP) is 0.678. The number of nitrogens with zero attached hydrogens (tertiary/aromatic N) is 1. The van der Waals surface area contributed by atoms with Crippen LogP contribution in [0, 0.1) is 0 Å². The number of fused-ring (bicyclic) bond motifs is 2. The SMILES string of the molecule is C[N+]1(CCNc2ccc(NCC[NH+]3CCOCC3)c3c2C(=O)c2ccccc2C3=O)CCOCC1. The average Bonchev–Trinajstić information content (AvgIpc) is 2.88. The summed E-state index contributed by atoms with van der Waals surface area (Å²) in [5.41, 5.74) is 3.41. The number of rotatable bonds is 8. The van der Waals surface area contributed by atoms with Crippen molar-refractivity contribution >= 4 is 22.9 Å². The molecule has 3 aliphatic rings. The molecule has 0 atom stereocenters. The molecule has 0 spiro atoms. The number of nitrogens with one attached hydrogen (secondary N) is 3. The minimum absolute atomic E-state index is 0.0905. The van der Waals surface area contributed by atoms with Gasteiger partial charge in [-0.3, -0.25) is 9.59 Å². The zero-order valence-corrected chi connectivity index (χ0v) is 20.5. The molecule has 2 aliphatic heterocycles. The molecular formula is C27H36N4O4+2. The molecule has 35 heavy (non-hydrogen) atoms. The first-order valence-corrected chi connectivity index (χ1v) is 12.7. The average molecular weight is 481 g/mol. The largest absolute Gasteiger partial charge is 0.379 e. The summed E-state index contributed by atoms with van der Waals surface area (Å²) in [7, 11) is 2.24. The molecule has 0 saturated carbocycles. The molecule has 8 nitrogen and oxygen atoms in total. The molecule has 3 N–H and O–H groups in total. The second-order valence-electron chi connectivity index (χ2n) is 9.98. The molecule has 0 radical (unpaired) electrons. The van der Waals surface area contributed by atoms with Gasteiger partial charge < -0.3 is 29.5 Å². The van der Waals surface area contributed by atoms with E-state index in [4.69, 9.17) is 9.47 Å². The summed E-state index contributed by atoms with van der Waals surface area (Å²) in [4.78, 5) is 28.7. The molecule has 2 heterocycles. The third-order valence-corrected chi connectivity index (χ3v) is 7.59. The number of morpholine rings is 2. The Balaban J connectivity index is 1.38. The second-order valence-corrected chi connectivity index (χ2v) is 9.98. The van der Waals surface area contributed by atoms with Crippen LogP contribution in [-0.4, -0.2) is 102 Å². The van der Waals surface area contributed by atoms with Gasteiger partial charge in [-0.25, -0.2) is 0 Å². The van der Waals surface area contributed by atoms with Crippen molar-refractivity contribution in [2.24, 2.45) is 0 Å². The lowest BCUT2D eigenvalue weighted by Crippen LogP contribution is -3.14. The third-order valence-electron chi connectivity index (χ3n) is 7.59. The highest BCUT2D eigenvalue weighted by Crippen LogP contribution is 2.36. The van der Waals surface area contributed by atoms with Gasteiger partial charge in [0.25, 0.3) is 0 Å². The number of hydrogen-bond acceptors (Lipinski definition) is 6. The van der Waals surface area contributed by atoms with E-state index >= 15 is 0 Å². The molecule has 1 aliphatic carbocycles. The highest BCUT2D eigenvalue weighted by Gasteiger charge is 2.34. The Labute approximate surface area is 206 Å². The summed E-state index contributed by atoms with van der Waals surface area (Å²) in [6, 6.07) is 11.0. The first-order chi connectivity index (χ1) is 17.1. The van der Waals surface area contributed by atoms with Gasteiger partial charge in [0, 0.05) is 22.5 Å². The van der Waals surface area contributed by atoms with Crippen LogP contribution in [0.15, 0.2) is 36.4 Å². The van der Waals surface area contributed by atoms with Crippen LogP contribution < -0.4 is 15.5 Å².